The number of pyridine rings is 1. The number of halogens is 1. The summed E-state index contributed by atoms with van der Waals surface area (Å²) >= 11 is 0. The molecule has 148 valence electrons. The van der Waals surface area contributed by atoms with E-state index in [1.807, 2.05) is 23.9 Å². The monoisotopic (exact) mass is 392 g/mol. The highest BCUT2D eigenvalue weighted by Crippen LogP contribution is 2.31. The number of aromatic nitrogens is 1. The van der Waals surface area contributed by atoms with Crippen LogP contribution < -0.4 is 11.1 Å². The van der Waals surface area contributed by atoms with Gasteiger partial charge in [0.1, 0.15) is 11.6 Å². The topological polar surface area (TPSA) is 91.5 Å². The van der Waals surface area contributed by atoms with Crippen LogP contribution in [0.2, 0.25) is 6.82 Å². The van der Waals surface area contributed by atoms with E-state index in [2.05, 4.69) is 10.3 Å². The number of amides is 1. The van der Waals surface area contributed by atoms with E-state index in [4.69, 9.17) is 5.73 Å². The Bertz CT molecular complexity index is 1080. The highest BCUT2D eigenvalue weighted by atomic mass is 19.1. The number of nitrogens with zero attached hydrogens (tertiary/aromatic N) is 2. The Morgan fingerprint density at radius 2 is 2.10 bits per heavy atom. The lowest BCUT2D eigenvalue weighted by Gasteiger charge is -2.40. The first-order valence-corrected chi connectivity index (χ1v) is 9.52. The van der Waals surface area contributed by atoms with Crippen molar-refractivity contribution in [2.45, 2.75) is 19.8 Å². The summed E-state index contributed by atoms with van der Waals surface area (Å²) in [6.07, 6.45) is 1.60. The first-order chi connectivity index (χ1) is 13.8. The first kappa shape index (κ1) is 19.4. The molecule has 0 atom stereocenters. The van der Waals surface area contributed by atoms with Crippen LogP contribution in [-0.4, -0.2) is 46.9 Å². The van der Waals surface area contributed by atoms with E-state index in [0.717, 1.165) is 11.1 Å². The number of nitrogen functional groups attached to an aromatic ring is 1. The molecule has 1 amide bonds. The minimum absolute atomic E-state index is 0.0490. The van der Waals surface area contributed by atoms with E-state index in [1.165, 1.54) is 6.07 Å². The van der Waals surface area contributed by atoms with Crippen LogP contribution >= 0.6 is 0 Å². The molecule has 1 saturated heterocycles. The number of hydrogen-bond acceptors (Lipinski definition) is 5. The molecule has 1 fully saturated rings. The van der Waals surface area contributed by atoms with Crippen LogP contribution in [0.1, 0.15) is 15.9 Å². The van der Waals surface area contributed by atoms with E-state index in [0.29, 0.717) is 35.0 Å². The van der Waals surface area contributed by atoms with Crippen LogP contribution in [0.5, 0.6) is 0 Å². The standard InChI is InChI=1S/C21H22BFN4O2/c1-12-4-3-5-17(23)18(12)13-6-7-16-14(8-13)9-25-20(24)19(16)21(28)26-15-10-27(11-15)22(2)29/h3-9,15,29H,10-11H2,1-2H3,(H2,24,25)(H,26,28). The van der Waals surface area contributed by atoms with Crippen LogP contribution in [0.3, 0.4) is 0 Å². The predicted octanol–water partition coefficient (Wildman–Crippen LogP) is 2.46. The minimum Gasteiger partial charge on any atom is -0.437 e. The van der Waals surface area contributed by atoms with Gasteiger partial charge in [-0.2, -0.15) is 0 Å². The number of anilines is 1. The number of fused-ring (bicyclic) bond motifs is 1. The average molecular weight is 392 g/mol. The lowest BCUT2D eigenvalue weighted by molar-refractivity contribution is 0.0888. The number of nitrogens with two attached hydrogens (primary N) is 1. The molecule has 1 aliphatic rings. The predicted molar refractivity (Wildman–Crippen MR) is 113 cm³/mol. The van der Waals surface area contributed by atoms with Crippen LogP contribution in [0.25, 0.3) is 21.9 Å². The second kappa shape index (κ2) is 7.46. The van der Waals surface area contributed by atoms with Gasteiger partial charge in [0.25, 0.3) is 5.91 Å². The van der Waals surface area contributed by atoms with Gasteiger partial charge >= 0.3 is 7.05 Å². The minimum atomic E-state index is -0.535. The number of benzene rings is 2. The molecule has 0 spiro atoms. The van der Waals surface area contributed by atoms with Gasteiger partial charge in [-0.3, -0.25) is 4.79 Å². The van der Waals surface area contributed by atoms with Gasteiger partial charge in [-0.1, -0.05) is 24.3 Å². The van der Waals surface area contributed by atoms with Gasteiger partial charge in [-0.25, -0.2) is 9.37 Å². The third-order valence-electron chi connectivity index (χ3n) is 5.43. The molecule has 2 aromatic carbocycles. The molecule has 29 heavy (non-hydrogen) atoms. The van der Waals surface area contributed by atoms with Gasteiger partial charge in [0.05, 0.1) is 11.6 Å². The third kappa shape index (κ3) is 3.57. The maximum absolute atomic E-state index is 14.4. The fraction of sp³-hybridized carbons (Fsp3) is 0.238. The number of hydrogen-bond donors (Lipinski definition) is 3. The maximum Gasteiger partial charge on any atom is 0.376 e. The molecule has 0 aliphatic carbocycles. The van der Waals surface area contributed by atoms with Crippen molar-refractivity contribution in [2.75, 3.05) is 18.8 Å². The SMILES string of the molecule is CB(O)N1CC(NC(=O)c2c(N)ncc3cc(-c4c(C)cccc4F)ccc23)C1. The van der Waals surface area contributed by atoms with Gasteiger partial charge in [0.15, 0.2) is 0 Å². The van der Waals surface area contributed by atoms with Crippen molar-refractivity contribution in [1.82, 2.24) is 15.1 Å². The molecule has 0 radical (unpaired) electrons. The van der Waals surface area contributed by atoms with Crippen molar-refractivity contribution in [2.24, 2.45) is 0 Å². The lowest BCUT2D eigenvalue weighted by atomic mass is 9.80. The molecule has 4 rings (SSSR count). The smallest absolute Gasteiger partial charge is 0.376 e. The zero-order chi connectivity index (χ0) is 20.7. The highest BCUT2D eigenvalue weighted by Gasteiger charge is 2.33. The Balaban J connectivity index is 1.67. The van der Waals surface area contributed by atoms with Crippen molar-refractivity contribution < 1.29 is 14.2 Å². The second-order valence-electron chi connectivity index (χ2n) is 7.51. The summed E-state index contributed by atoms with van der Waals surface area (Å²) in [5, 5.41) is 13.9. The summed E-state index contributed by atoms with van der Waals surface area (Å²) in [6, 6.07) is 10.3. The second-order valence-corrected chi connectivity index (χ2v) is 7.51. The average Bonchev–Trinajstić information content (AvgIpc) is 2.63. The van der Waals surface area contributed by atoms with Crippen LogP contribution in [0, 0.1) is 12.7 Å². The van der Waals surface area contributed by atoms with Gasteiger partial charge in [0.2, 0.25) is 0 Å². The highest BCUT2D eigenvalue weighted by molar-refractivity contribution is 6.45. The van der Waals surface area contributed by atoms with E-state index >= 15 is 0 Å². The Hall–Kier alpha value is -2.97. The molecule has 0 saturated carbocycles. The van der Waals surface area contributed by atoms with Crippen molar-refractivity contribution >= 4 is 29.5 Å². The molecule has 2 heterocycles. The number of aryl methyl sites for hydroxylation is 1. The Kier molecular flexibility index (Phi) is 4.98. The lowest BCUT2D eigenvalue weighted by Crippen LogP contribution is -2.63. The van der Waals surface area contributed by atoms with Gasteiger partial charge in [-0.15, -0.1) is 0 Å². The molecule has 0 unspecified atom stereocenters. The van der Waals surface area contributed by atoms with Crippen LogP contribution in [0.4, 0.5) is 10.2 Å². The summed E-state index contributed by atoms with van der Waals surface area (Å²) in [7, 11) is -0.535. The number of rotatable bonds is 4. The summed E-state index contributed by atoms with van der Waals surface area (Å²) in [5.74, 6) is -0.444. The van der Waals surface area contributed by atoms with Crippen molar-refractivity contribution in [3.63, 3.8) is 0 Å². The summed E-state index contributed by atoms with van der Waals surface area (Å²) in [6.45, 7) is 4.72. The zero-order valence-corrected chi connectivity index (χ0v) is 16.3. The largest absolute Gasteiger partial charge is 0.437 e. The Labute approximate surface area is 168 Å². The summed E-state index contributed by atoms with van der Waals surface area (Å²) in [5.41, 5.74) is 8.41. The molecule has 3 aromatic rings. The molecule has 0 bridgehead atoms. The third-order valence-corrected chi connectivity index (χ3v) is 5.43. The molecule has 1 aromatic heterocycles. The molecule has 1 aliphatic heterocycles. The first-order valence-electron chi connectivity index (χ1n) is 9.52. The van der Waals surface area contributed by atoms with E-state index in [9.17, 15) is 14.2 Å². The summed E-state index contributed by atoms with van der Waals surface area (Å²) in [4.78, 5) is 18.9. The molecular formula is C21H22BFN4O2. The van der Waals surface area contributed by atoms with Crippen LogP contribution in [0.15, 0.2) is 42.6 Å². The van der Waals surface area contributed by atoms with Gasteiger partial charge in [0, 0.05) is 30.2 Å². The molecule has 8 heteroatoms. The van der Waals surface area contributed by atoms with E-state index in [1.54, 1.807) is 31.2 Å². The van der Waals surface area contributed by atoms with Gasteiger partial charge < -0.3 is 20.9 Å². The van der Waals surface area contributed by atoms with Crippen molar-refractivity contribution in [3.05, 3.63) is 59.5 Å². The maximum atomic E-state index is 14.4. The van der Waals surface area contributed by atoms with Crippen molar-refractivity contribution in [3.8, 4) is 11.1 Å². The molecule has 6 nitrogen and oxygen atoms in total. The normalized spacial score (nSPS) is 14.6. The fourth-order valence-corrected chi connectivity index (χ4v) is 3.80. The van der Waals surface area contributed by atoms with E-state index < -0.39 is 7.05 Å². The quantitative estimate of drug-likeness (QED) is 0.594. The summed E-state index contributed by atoms with van der Waals surface area (Å²) < 4.78 is 14.4. The molecule has 4 N–H and O–H groups in total. The number of carbonyl (C=O) groups excluding carboxylic acids is 1. The fourth-order valence-electron chi connectivity index (χ4n) is 3.80. The van der Waals surface area contributed by atoms with Crippen LogP contribution in [-0.2, 0) is 0 Å². The zero-order valence-electron chi connectivity index (χ0n) is 16.3. The number of nitrogens with one attached hydrogen (secondary N) is 1. The number of carbonyl (C=O) groups is 1. The van der Waals surface area contributed by atoms with Crippen molar-refractivity contribution in [1.29, 1.82) is 0 Å². The molecular weight excluding hydrogens is 370 g/mol. The van der Waals surface area contributed by atoms with E-state index in [-0.39, 0.29) is 23.6 Å². The van der Waals surface area contributed by atoms with Gasteiger partial charge in [-0.05, 0) is 42.4 Å². The Morgan fingerprint density at radius 1 is 1.34 bits per heavy atom. The Morgan fingerprint density at radius 3 is 2.79 bits per heavy atom.